The minimum absolute atomic E-state index is 0.0824. The second kappa shape index (κ2) is 8.72. The largest absolute Gasteiger partial charge is 0.354 e. The van der Waals surface area contributed by atoms with Crippen molar-refractivity contribution in [2.24, 2.45) is 5.14 Å². The summed E-state index contributed by atoms with van der Waals surface area (Å²) in [7, 11) is -3.68. The van der Waals surface area contributed by atoms with Crippen LogP contribution in [0, 0.1) is 6.92 Å². The summed E-state index contributed by atoms with van der Waals surface area (Å²) in [6.45, 7) is 4.91. The van der Waals surface area contributed by atoms with Crippen molar-refractivity contribution < 1.29 is 13.2 Å². The Hall–Kier alpha value is -2.52. The Morgan fingerprint density at radius 1 is 1.15 bits per heavy atom. The number of nitrogens with one attached hydrogen (secondary N) is 2. The van der Waals surface area contributed by atoms with Gasteiger partial charge in [-0.3, -0.25) is 4.79 Å². The molecule has 9 heteroatoms. The van der Waals surface area contributed by atoms with Crippen LogP contribution in [0.4, 0.5) is 5.95 Å². The van der Waals surface area contributed by atoms with Crippen LogP contribution in [0.25, 0.3) is 0 Å². The number of carbonyl (C=O) groups excluding carboxylic acids is 1. The normalized spacial score (nSPS) is 11.2. The minimum Gasteiger partial charge on any atom is -0.354 e. The van der Waals surface area contributed by atoms with E-state index >= 15 is 0 Å². The first-order valence-corrected chi connectivity index (χ1v) is 9.83. The second-order valence-electron chi connectivity index (χ2n) is 5.84. The van der Waals surface area contributed by atoms with Crippen LogP contribution in [-0.4, -0.2) is 37.4 Å². The number of nitrogens with two attached hydrogens (primary N) is 1. The van der Waals surface area contributed by atoms with E-state index in [1.54, 1.807) is 25.1 Å². The molecule has 2 rings (SSSR count). The lowest BCUT2D eigenvalue weighted by Gasteiger charge is -2.09. The first-order valence-electron chi connectivity index (χ1n) is 8.29. The number of hydrogen-bond acceptors (Lipinski definition) is 6. The molecule has 0 bridgehead atoms. The van der Waals surface area contributed by atoms with Crippen molar-refractivity contribution in [3.8, 4) is 0 Å². The summed E-state index contributed by atoms with van der Waals surface area (Å²) in [4.78, 5) is 20.6. The van der Waals surface area contributed by atoms with Crippen molar-refractivity contribution in [3.05, 3.63) is 47.3 Å². The summed E-state index contributed by atoms with van der Waals surface area (Å²) < 4.78 is 22.5. The smallest absolute Gasteiger partial charge is 0.270 e. The van der Waals surface area contributed by atoms with Gasteiger partial charge in [0.2, 0.25) is 16.0 Å². The Bertz CT molecular complexity index is 866. The number of amides is 1. The highest BCUT2D eigenvalue weighted by atomic mass is 32.2. The highest BCUT2D eigenvalue weighted by molar-refractivity contribution is 7.89. The zero-order valence-corrected chi connectivity index (χ0v) is 15.6. The van der Waals surface area contributed by atoms with E-state index in [2.05, 4.69) is 20.6 Å². The predicted molar refractivity (Wildman–Crippen MR) is 99.4 cm³/mol. The average molecular weight is 377 g/mol. The molecule has 1 heterocycles. The first-order chi connectivity index (χ1) is 12.3. The fourth-order valence-electron chi connectivity index (χ4n) is 2.26. The Kier molecular flexibility index (Phi) is 6.64. The molecule has 26 heavy (non-hydrogen) atoms. The molecule has 1 amide bonds. The molecule has 0 spiro atoms. The summed E-state index contributed by atoms with van der Waals surface area (Å²) in [6, 6.07) is 8.01. The number of carbonyl (C=O) groups is 1. The van der Waals surface area contributed by atoms with Gasteiger partial charge in [0.05, 0.1) is 4.90 Å². The van der Waals surface area contributed by atoms with Crippen LogP contribution in [0.2, 0.25) is 0 Å². The van der Waals surface area contributed by atoms with Crippen LogP contribution in [0.5, 0.6) is 0 Å². The number of benzene rings is 1. The number of rotatable bonds is 8. The molecule has 140 valence electrons. The molecule has 0 saturated heterocycles. The number of aromatic nitrogens is 2. The molecule has 0 saturated carbocycles. The van der Waals surface area contributed by atoms with E-state index in [1.165, 1.54) is 12.1 Å². The molecule has 0 aliphatic carbocycles. The standard InChI is InChI=1S/C17H23N5O3S/c1-3-9-19-16(23)15-11-12(2)21-17(22-15)20-10-8-13-4-6-14(7-5-13)26(18,24)25/h4-7,11H,3,8-10H2,1-2H3,(H,19,23)(H2,18,24,25)(H,20,21,22). The zero-order valence-electron chi connectivity index (χ0n) is 14.8. The monoisotopic (exact) mass is 377 g/mol. The molecule has 8 nitrogen and oxygen atoms in total. The molecular weight excluding hydrogens is 354 g/mol. The van der Waals surface area contributed by atoms with E-state index in [0.29, 0.717) is 36.8 Å². The number of primary sulfonamides is 1. The maximum atomic E-state index is 12.0. The highest BCUT2D eigenvalue weighted by Gasteiger charge is 2.10. The number of anilines is 1. The molecule has 0 aliphatic rings. The fraction of sp³-hybridized carbons (Fsp3) is 0.353. The van der Waals surface area contributed by atoms with Crippen LogP contribution >= 0.6 is 0 Å². The van der Waals surface area contributed by atoms with Crippen molar-refractivity contribution in [1.82, 2.24) is 15.3 Å². The third kappa shape index (κ3) is 5.78. The molecule has 0 aliphatic heterocycles. The van der Waals surface area contributed by atoms with Gasteiger partial charge in [0.25, 0.3) is 5.91 Å². The quantitative estimate of drug-likeness (QED) is 0.635. The van der Waals surface area contributed by atoms with Crippen molar-refractivity contribution in [3.63, 3.8) is 0 Å². The second-order valence-corrected chi connectivity index (χ2v) is 7.40. The number of nitrogens with zero attached hydrogens (tertiary/aromatic N) is 2. The van der Waals surface area contributed by atoms with Crippen LogP contribution in [0.15, 0.2) is 35.2 Å². The van der Waals surface area contributed by atoms with Gasteiger partial charge in [0.1, 0.15) is 5.69 Å². The Morgan fingerprint density at radius 2 is 1.85 bits per heavy atom. The van der Waals surface area contributed by atoms with Gasteiger partial charge >= 0.3 is 0 Å². The lowest BCUT2D eigenvalue weighted by Crippen LogP contribution is -2.25. The first kappa shape index (κ1) is 19.8. The van der Waals surface area contributed by atoms with Crippen molar-refractivity contribution >= 4 is 21.9 Å². The van der Waals surface area contributed by atoms with E-state index in [0.717, 1.165) is 12.0 Å². The van der Waals surface area contributed by atoms with Crippen molar-refractivity contribution in [2.45, 2.75) is 31.6 Å². The topological polar surface area (TPSA) is 127 Å². The third-order valence-electron chi connectivity index (χ3n) is 3.57. The zero-order chi connectivity index (χ0) is 19.2. The maximum absolute atomic E-state index is 12.0. The van der Waals surface area contributed by atoms with Gasteiger partial charge in [-0.2, -0.15) is 0 Å². The molecule has 0 fully saturated rings. The van der Waals surface area contributed by atoms with Crippen LogP contribution < -0.4 is 15.8 Å². The molecule has 4 N–H and O–H groups in total. The van der Waals surface area contributed by atoms with Gasteiger partial charge in [0.15, 0.2) is 0 Å². The molecule has 2 aromatic rings. The Labute approximate surface area is 153 Å². The van der Waals surface area contributed by atoms with Crippen molar-refractivity contribution in [2.75, 3.05) is 18.4 Å². The molecule has 1 aromatic heterocycles. The van der Waals surface area contributed by atoms with Gasteiger partial charge in [-0.05, 0) is 43.5 Å². The summed E-state index contributed by atoms with van der Waals surface area (Å²) in [6.07, 6.45) is 1.49. The molecular formula is C17H23N5O3S. The summed E-state index contributed by atoms with van der Waals surface area (Å²) in [5.74, 6) is 0.159. The number of hydrogen-bond donors (Lipinski definition) is 3. The lowest BCUT2D eigenvalue weighted by atomic mass is 10.1. The summed E-state index contributed by atoms with van der Waals surface area (Å²) in [5.41, 5.74) is 1.96. The molecule has 0 atom stereocenters. The van der Waals surface area contributed by atoms with Crippen molar-refractivity contribution in [1.29, 1.82) is 0 Å². The van der Waals surface area contributed by atoms with Gasteiger partial charge < -0.3 is 10.6 Å². The van der Waals surface area contributed by atoms with E-state index in [1.807, 2.05) is 6.92 Å². The van der Waals surface area contributed by atoms with Gasteiger partial charge in [-0.15, -0.1) is 0 Å². The highest BCUT2D eigenvalue weighted by Crippen LogP contribution is 2.10. The third-order valence-corrected chi connectivity index (χ3v) is 4.50. The van der Waals surface area contributed by atoms with E-state index < -0.39 is 10.0 Å². The minimum atomic E-state index is -3.68. The van der Waals surface area contributed by atoms with Crippen LogP contribution in [0.3, 0.4) is 0 Å². The van der Waals surface area contributed by atoms with E-state index in [9.17, 15) is 13.2 Å². The van der Waals surface area contributed by atoms with Gasteiger partial charge in [-0.25, -0.2) is 23.5 Å². The van der Waals surface area contributed by atoms with E-state index in [-0.39, 0.29) is 10.8 Å². The summed E-state index contributed by atoms with van der Waals surface area (Å²) in [5, 5.41) is 10.9. The molecule has 0 radical (unpaired) electrons. The van der Waals surface area contributed by atoms with Crippen LogP contribution in [-0.2, 0) is 16.4 Å². The summed E-state index contributed by atoms with van der Waals surface area (Å²) >= 11 is 0. The van der Waals surface area contributed by atoms with Gasteiger partial charge in [0, 0.05) is 18.8 Å². The predicted octanol–water partition coefficient (Wildman–Crippen LogP) is 1.23. The molecule has 0 unspecified atom stereocenters. The van der Waals surface area contributed by atoms with Crippen LogP contribution in [0.1, 0.15) is 35.1 Å². The number of aryl methyl sites for hydroxylation is 1. The Balaban J connectivity index is 1.97. The maximum Gasteiger partial charge on any atom is 0.270 e. The Morgan fingerprint density at radius 3 is 2.46 bits per heavy atom. The lowest BCUT2D eigenvalue weighted by molar-refractivity contribution is 0.0948. The van der Waals surface area contributed by atoms with Gasteiger partial charge in [-0.1, -0.05) is 19.1 Å². The van der Waals surface area contributed by atoms with E-state index in [4.69, 9.17) is 5.14 Å². The number of sulfonamides is 1. The molecule has 1 aromatic carbocycles. The fourth-order valence-corrected chi connectivity index (χ4v) is 2.77. The average Bonchev–Trinajstić information content (AvgIpc) is 2.59. The SMILES string of the molecule is CCCNC(=O)c1cc(C)nc(NCCc2ccc(S(N)(=O)=O)cc2)n1.